The third-order valence-corrected chi connectivity index (χ3v) is 1.09. The van der Waals surface area contributed by atoms with Crippen LogP contribution in [0.1, 0.15) is 0 Å². The van der Waals surface area contributed by atoms with E-state index in [0.29, 0.717) is 0 Å². The second-order valence-electron chi connectivity index (χ2n) is 1.72. The van der Waals surface area contributed by atoms with E-state index in [4.69, 9.17) is 0 Å². The van der Waals surface area contributed by atoms with Gasteiger partial charge in [0.25, 0.3) is 0 Å². The van der Waals surface area contributed by atoms with E-state index >= 15 is 0 Å². The van der Waals surface area contributed by atoms with E-state index in [0.717, 1.165) is 12.2 Å². The van der Waals surface area contributed by atoms with Crippen LogP contribution in [0.15, 0.2) is 12.2 Å². The SMILES string of the molecule is FC1C=CC(F)C1F. The monoisotopic (exact) mass is 122 g/mol. The maximum absolute atomic E-state index is 11.9. The van der Waals surface area contributed by atoms with Gasteiger partial charge < -0.3 is 0 Å². The quantitative estimate of drug-likeness (QED) is 0.428. The Kier molecular flexibility index (Phi) is 1.27. The molecule has 0 aromatic heterocycles. The molecule has 0 radical (unpaired) electrons. The minimum absolute atomic E-state index is 0.898. The van der Waals surface area contributed by atoms with Crippen molar-refractivity contribution in [3.63, 3.8) is 0 Å². The molecule has 0 heterocycles. The van der Waals surface area contributed by atoms with Crippen molar-refractivity contribution in [2.24, 2.45) is 0 Å². The van der Waals surface area contributed by atoms with E-state index in [2.05, 4.69) is 0 Å². The molecular formula is C5H5F3. The van der Waals surface area contributed by atoms with Crippen molar-refractivity contribution in [2.45, 2.75) is 18.5 Å². The Labute approximate surface area is 45.0 Å². The molecule has 46 valence electrons. The molecule has 0 spiro atoms. The lowest BCUT2D eigenvalue weighted by atomic mass is 10.3. The van der Waals surface area contributed by atoms with Gasteiger partial charge in [-0.25, -0.2) is 13.2 Å². The molecule has 0 saturated carbocycles. The van der Waals surface area contributed by atoms with Gasteiger partial charge in [0, 0.05) is 0 Å². The van der Waals surface area contributed by atoms with Crippen LogP contribution in [0.3, 0.4) is 0 Å². The van der Waals surface area contributed by atoms with Crippen LogP contribution in [-0.4, -0.2) is 18.5 Å². The zero-order valence-electron chi connectivity index (χ0n) is 4.02. The zero-order valence-corrected chi connectivity index (χ0v) is 4.02. The summed E-state index contributed by atoms with van der Waals surface area (Å²) in [4.78, 5) is 0. The summed E-state index contributed by atoms with van der Waals surface area (Å²) in [6, 6.07) is 0. The highest BCUT2D eigenvalue weighted by Gasteiger charge is 2.31. The summed E-state index contributed by atoms with van der Waals surface area (Å²) in [5, 5.41) is 0. The summed E-state index contributed by atoms with van der Waals surface area (Å²) in [5.74, 6) is 0. The van der Waals surface area contributed by atoms with E-state index < -0.39 is 18.5 Å². The lowest BCUT2D eigenvalue weighted by molar-refractivity contribution is 0.148. The number of rotatable bonds is 0. The first-order valence-corrected chi connectivity index (χ1v) is 2.32. The van der Waals surface area contributed by atoms with E-state index in [1.165, 1.54) is 0 Å². The highest BCUT2D eigenvalue weighted by molar-refractivity contribution is 5.09. The fourth-order valence-corrected chi connectivity index (χ4v) is 0.600. The average molecular weight is 122 g/mol. The van der Waals surface area contributed by atoms with Crippen LogP contribution < -0.4 is 0 Å². The second kappa shape index (κ2) is 1.80. The molecule has 0 bridgehead atoms. The van der Waals surface area contributed by atoms with Crippen LogP contribution in [0.25, 0.3) is 0 Å². The van der Waals surface area contributed by atoms with Crippen LogP contribution in [0.4, 0.5) is 13.2 Å². The first-order chi connectivity index (χ1) is 3.72. The van der Waals surface area contributed by atoms with Crippen molar-refractivity contribution < 1.29 is 13.2 Å². The van der Waals surface area contributed by atoms with Gasteiger partial charge in [-0.15, -0.1) is 0 Å². The summed E-state index contributed by atoms with van der Waals surface area (Å²) in [6.45, 7) is 0. The molecule has 0 aliphatic heterocycles. The maximum Gasteiger partial charge on any atom is 0.169 e. The Balaban J connectivity index is 2.55. The predicted molar refractivity (Wildman–Crippen MR) is 23.8 cm³/mol. The third-order valence-electron chi connectivity index (χ3n) is 1.09. The Morgan fingerprint density at radius 1 is 0.875 bits per heavy atom. The van der Waals surface area contributed by atoms with Gasteiger partial charge in [0.15, 0.2) is 18.5 Å². The van der Waals surface area contributed by atoms with Gasteiger partial charge in [-0.05, 0) is 12.2 Å². The van der Waals surface area contributed by atoms with Crippen LogP contribution in [-0.2, 0) is 0 Å². The topological polar surface area (TPSA) is 0 Å². The van der Waals surface area contributed by atoms with Gasteiger partial charge in [-0.3, -0.25) is 0 Å². The van der Waals surface area contributed by atoms with Gasteiger partial charge in [-0.1, -0.05) is 0 Å². The fraction of sp³-hybridized carbons (Fsp3) is 0.600. The molecule has 0 aromatic rings. The summed E-state index contributed by atoms with van der Waals surface area (Å²) >= 11 is 0. The first kappa shape index (κ1) is 5.66. The smallest absolute Gasteiger partial charge is 0.169 e. The summed E-state index contributed by atoms with van der Waals surface area (Å²) < 4.78 is 35.6. The molecule has 2 unspecified atom stereocenters. The molecule has 1 rings (SSSR count). The minimum atomic E-state index is -1.96. The summed E-state index contributed by atoms with van der Waals surface area (Å²) in [7, 11) is 0. The largest absolute Gasteiger partial charge is 0.240 e. The molecule has 0 amide bonds. The van der Waals surface area contributed by atoms with E-state index in [1.807, 2.05) is 0 Å². The van der Waals surface area contributed by atoms with Crippen LogP contribution >= 0.6 is 0 Å². The number of hydrogen-bond acceptors (Lipinski definition) is 0. The van der Waals surface area contributed by atoms with Gasteiger partial charge in [0.1, 0.15) is 0 Å². The fourth-order valence-electron chi connectivity index (χ4n) is 0.600. The second-order valence-corrected chi connectivity index (χ2v) is 1.72. The number of hydrogen-bond donors (Lipinski definition) is 0. The molecule has 0 aromatic carbocycles. The van der Waals surface area contributed by atoms with Gasteiger partial charge in [-0.2, -0.15) is 0 Å². The van der Waals surface area contributed by atoms with Crippen molar-refractivity contribution in [1.82, 2.24) is 0 Å². The van der Waals surface area contributed by atoms with Gasteiger partial charge in [0.2, 0.25) is 0 Å². The Morgan fingerprint density at radius 3 is 1.38 bits per heavy atom. The van der Waals surface area contributed by atoms with E-state index in [1.54, 1.807) is 0 Å². The van der Waals surface area contributed by atoms with Gasteiger partial charge in [0.05, 0.1) is 0 Å². The van der Waals surface area contributed by atoms with E-state index in [-0.39, 0.29) is 0 Å². The van der Waals surface area contributed by atoms with E-state index in [9.17, 15) is 13.2 Å². The average Bonchev–Trinajstić information content (AvgIpc) is 1.98. The van der Waals surface area contributed by atoms with Crippen molar-refractivity contribution in [1.29, 1.82) is 0 Å². The third kappa shape index (κ3) is 0.723. The number of alkyl halides is 3. The molecule has 1 aliphatic rings. The molecular weight excluding hydrogens is 117 g/mol. The zero-order chi connectivity index (χ0) is 6.15. The number of halogens is 3. The Hall–Kier alpha value is -0.470. The normalized spacial score (nSPS) is 45.6. The van der Waals surface area contributed by atoms with Crippen molar-refractivity contribution >= 4 is 0 Å². The van der Waals surface area contributed by atoms with Crippen molar-refractivity contribution in [3.8, 4) is 0 Å². The molecule has 8 heavy (non-hydrogen) atoms. The highest BCUT2D eigenvalue weighted by atomic mass is 19.2. The predicted octanol–water partition coefficient (Wildman–Crippen LogP) is 1.57. The molecule has 3 heteroatoms. The standard InChI is InChI=1S/C5H5F3/c6-3-1-2-4(7)5(3)8/h1-5H. The van der Waals surface area contributed by atoms with Crippen LogP contribution in [0.2, 0.25) is 0 Å². The lowest BCUT2D eigenvalue weighted by Gasteiger charge is -2.02. The van der Waals surface area contributed by atoms with Crippen molar-refractivity contribution in [3.05, 3.63) is 12.2 Å². The molecule has 1 aliphatic carbocycles. The van der Waals surface area contributed by atoms with Gasteiger partial charge >= 0.3 is 0 Å². The Bertz CT molecular complexity index is 98.2. The molecule has 2 atom stereocenters. The van der Waals surface area contributed by atoms with Crippen LogP contribution in [0.5, 0.6) is 0 Å². The highest BCUT2D eigenvalue weighted by Crippen LogP contribution is 2.20. The molecule has 0 nitrogen and oxygen atoms in total. The summed E-state index contributed by atoms with van der Waals surface area (Å²) in [5.41, 5.74) is 0. The molecule has 0 N–H and O–H groups in total. The molecule has 0 saturated heterocycles. The first-order valence-electron chi connectivity index (χ1n) is 2.32. The Morgan fingerprint density at radius 2 is 1.25 bits per heavy atom. The maximum atomic E-state index is 11.9. The molecule has 0 fully saturated rings. The minimum Gasteiger partial charge on any atom is -0.240 e. The summed E-state index contributed by atoms with van der Waals surface area (Å²) in [6.07, 6.45) is -3.63. The van der Waals surface area contributed by atoms with Crippen molar-refractivity contribution in [2.75, 3.05) is 0 Å². The van der Waals surface area contributed by atoms with Crippen LogP contribution in [0, 0.1) is 0 Å². The lowest BCUT2D eigenvalue weighted by Crippen LogP contribution is -2.18. The number of allylic oxidation sites excluding steroid dienone is 2.